The highest BCUT2D eigenvalue weighted by Gasteiger charge is 2.43. The first-order valence-corrected chi connectivity index (χ1v) is 7.59. The Hall–Kier alpha value is -2.42. The number of amides is 1. The second-order valence-corrected chi connectivity index (χ2v) is 6.03. The van der Waals surface area contributed by atoms with E-state index in [1.165, 1.54) is 0 Å². The van der Waals surface area contributed by atoms with Crippen LogP contribution >= 0.6 is 0 Å². The van der Waals surface area contributed by atoms with E-state index in [4.69, 9.17) is 9.47 Å². The molecule has 0 spiro atoms. The van der Waals surface area contributed by atoms with E-state index in [1.54, 1.807) is 27.2 Å². The average molecular weight is 317 g/mol. The number of anilines is 1. The van der Waals surface area contributed by atoms with Crippen molar-refractivity contribution in [2.75, 3.05) is 32.7 Å². The smallest absolute Gasteiger partial charge is 0.240 e. The summed E-state index contributed by atoms with van der Waals surface area (Å²) in [6.45, 7) is 1.96. The summed E-state index contributed by atoms with van der Waals surface area (Å²) in [5, 5.41) is 12.2. The van der Waals surface area contributed by atoms with Crippen LogP contribution in [0.5, 0.6) is 11.5 Å². The summed E-state index contributed by atoms with van der Waals surface area (Å²) in [6, 6.07) is 7.70. The van der Waals surface area contributed by atoms with E-state index in [0.29, 0.717) is 11.5 Å². The van der Waals surface area contributed by atoms with E-state index in [1.807, 2.05) is 24.1 Å². The molecule has 1 aromatic rings. The monoisotopic (exact) mass is 317 g/mol. The summed E-state index contributed by atoms with van der Waals surface area (Å²) in [6.07, 6.45) is 1.99. The molecule has 0 unspecified atom stereocenters. The third-order valence-electron chi connectivity index (χ3n) is 4.21. The number of benzene rings is 1. The standard InChI is InChI=1S/C17H23N3O3/c1-17(11-18,12-5-6-12)19-16(21)10-20(2)13-7-8-14(22-3)15(9-13)23-4/h7-9,12H,5-6,10H2,1-4H3,(H,19,21)/t17-/m0/s1. The second kappa shape index (κ2) is 6.78. The van der Waals surface area contributed by atoms with Crippen LogP contribution in [0, 0.1) is 17.2 Å². The molecule has 1 fully saturated rings. The minimum Gasteiger partial charge on any atom is -0.493 e. The van der Waals surface area contributed by atoms with Gasteiger partial charge in [0.2, 0.25) is 5.91 Å². The maximum atomic E-state index is 12.3. The molecule has 0 radical (unpaired) electrons. The van der Waals surface area contributed by atoms with Crippen molar-refractivity contribution < 1.29 is 14.3 Å². The molecular formula is C17H23N3O3. The van der Waals surface area contributed by atoms with Gasteiger partial charge in [0.05, 0.1) is 26.8 Å². The van der Waals surface area contributed by atoms with Crippen molar-refractivity contribution in [3.05, 3.63) is 18.2 Å². The summed E-state index contributed by atoms with van der Waals surface area (Å²) >= 11 is 0. The van der Waals surface area contributed by atoms with E-state index in [-0.39, 0.29) is 18.4 Å². The Morgan fingerprint density at radius 1 is 1.39 bits per heavy atom. The number of carbonyl (C=O) groups excluding carboxylic acids is 1. The lowest BCUT2D eigenvalue weighted by molar-refractivity contribution is -0.121. The van der Waals surface area contributed by atoms with Gasteiger partial charge in [-0.15, -0.1) is 0 Å². The summed E-state index contributed by atoms with van der Waals surface area (Å²) in [4.78, 5) is 14.1. The first-order chi connectivity index (χ1) is 10.9. The predicted octanol–water partition coefficient (Wildman–Crippen LogP) is 1.95. The quantitative estimate of drug-likeness (QED) is 0.832. The molecule has 1 atom stereocenters. The van der Waals surface area contributed by atoms with Crippen LogP contribution in [0.4, 0.5) is 5.69 Å². The van der Waals surface area contributed by atoms with Crippen molar-refractivity contribution >= 4 is 11.6 Å². The Bertz CT molecular complexity index is 622. The largest absolute Gasteiger partial charge is 0.493 e. The van der Waals surface area contributed by atoms with E-state index in [0.717, 1.165) is 18.5 Å². The number of hydrogen-bond acceptors (Lipinski definition) is 5. The predicted molar refractivity (Wildman–Crippen MR) is 87.7 cm³/mol. The highest BCUT2D eigenvalue weighted by atomic mass is 16.5. The van der Waals surface area contributed by atoms with Crippen molar-refractivity contribution in [2.45, 2.75) is 25.3 Å². The SMILES string of the molecule is COc1ccc(N(C)CC(=O)N[C@@](C)(C#N)C2CC2)cc1OC. The Labute approximate surface area is 137 Å². The third kappa shape index (κ3) is 3.86. The molecule has 0 heterocycles. The highest BCUT2D eigenvalue weighted by molar-refractivity contribution is 5.82. The van der Waals surface area contributed by atoms with Gasteiger partial charge < -0.3 is 19.7 Å². The normalized spacial score (nSPS) is 16.0. The van der Waals surface area contributed by atoms with Crippen molar-refractivity contribution in [2.24, 2.45) is 5.92 Å². The van der Waals surface area contributed by atoms with Crippen LogP contribution in [-0.2, 0) is 4.79 Å². The van der Waals surface area contributed by atoms with Gasteiger partial charge in [-0.1, -0.05) is 0 Å². The zero-order valence-electron chi connectivity index (χ0n) is 14.0. The van der Waals surface area contributed by atoms with Crippen LogP contribution in [0.3, 0.4) is 0 Å². The van der Waals surface area contributed by atoms with Gasteiger partial charge in [0.1, 0.15) is 5.54 Å². The summed E-state index contributed by atoms with van der Waals surface area (Å²) in [5.74, 6) is 1.35. The Morgan fingerprint density at radius 3 is 2.57 bits per heavy atom. The fraction of sp³-hybridized carbons (Fsp3) is 0.529. The van der Waals surface area contributed by atoms with E-state index in [9.17, 15) is 10.1 Å². The molecule has 23 heavy (non-hydrogen) atoms. The molecule has 0 aromatic heterocycles. The number of rotatable bonds is 7. The molecular weight excluding hydrogens is 294 g/mol. The van der Waals surface area contributed by atoms with Crippen LogP contribution < -0.4 is 19.7 Å². The summed E-state index contributed by atoms with van der Waals surface area (Å²) < 4.78 is 10.5. The zero-order chi connectivity index (χ0) is 17.0. The molecule has 1 aromatic carbocycles. The van der Waals surface area contributed by atoms with Crippen LogP contribution in [0.1, 0.15) is 19.8 Å². The Balaban J connectivity index is 2.02. The van der Waals surface area contributed by atoms with Crippen LogP contribution in [0.2, 0.25) is 0 Å². The number of nitrogens with one attached hydrogen (secondary N) is 1. The van der Waals surface area contributed by atoms with Crippen LogP contribution in [0.15, 0.2) is 18.2 Å². The molecule has 124 valence electrons. The fourth-order valence-corrected chi connectivity index (χ4v) is 2.58. The molecule has 0 saturated heterocycles. The minimum absolute atomic E-state index is 0.166. The van der Waals surface area contributed by atoms with Gasteiger partial charge in [-0.2, -0.15) is 5.26 Å². The molecule has 0 aliphatic heterocycles. The van der Waals surface area contributed by atoms with Crippen molar-refractivity contribution in [3.63, 3.8) is 0 Å². The van der Waals surface area contributed by atoms with Gasteiger partial charge in [-0.25, -0.2) is 0 Å². The Morgan fingerprint density at radius 2 is 2.04 bits per heavy atom. The lowest BCUT2D eigenvalue weighted by Crippen LogP contribution is -2.49. The molecule has 1 N–H and O–H groups in total. The van der Waals surface area contributed by atoms with Crippen molar-refractivity contribution in [1.29, 1.82) is 5.26 Å². The Kier molecular flexibility index (Phi) is 4.99. The van der Waals surface area contributed by atoms with Crippen LogP contribution in [0.25, 0.3) is 0 Å². The zero-order valence-corrected chi connectivity index (χ0v) is 14.0. The topological polar surface area (TPSA) is 74.6 Å². The lowest BCUT2D eigenvalue weighted by atomic mass is 9.98. The molecule has 6 heteroatoms. The van der Waals surface area contributed by atoms with Crippen molar-refractivity contribution in [3.8, 4) is 17.6 Å². The fourth-order valence-electron chi connectivity index (χ4n) is 2.58. The molecule has 2 rings (SSSR count). The number of nitriles is 1. The van der Waals surface area contributed by atoms with E-state index >= 15 is 0 Å². The second-order valence-electron chi connectivity index (χ2n) is 6.03. The molecule has 0 bridgehead atoms. The van der Waals surface area contributed by atoms with Gasteiger partial charge in [0, 0.05) is 18.8 Å². The van der Waals surface area contributed by atoms with E-state index < -0.39 is 5.54 Å². The maximum Gasteiger partial charge on any atom is 0.240 e. The number of nitrogens with zero attached hydrogens (tertiary/aromatic N) is 2. The molecule has 1 amide bonds. The van der Waals surface area contributed by atoms with Gasteiger partial charge in [0.25, 0.3) is 0 Å². The van der Waals surface area contributed by atoms with E-state index in [2.05, 4.69) is 11.4 Å². The first kappa shape index (κ1) is 16.9. The highest BCUT2D eigenvalue weighted by Crippen LogP contribution is 2.39. The summed E-state index contributed by atoms with van der Waals surface area (Å²) in [5.41, 5.74) is 0.0677. The number of carbonyl (C=O) groups is 1. The van der Waals surface area contributed by atoms with Gasteiger partial charge in [0.15, 0.2) is 11.5 Å². The first-order valence-electron chi connectivity index (χ1n) is 7.59. The number of methoxy groups -OCH3 is 2. The molecule has 1 saturated carbocycles. The van der Waals surface area contributed by atoms with Gasteiger partial charge in [-0.3, -0.25) is 4.79 Å². The van der Waals surface area contributed by atoms with Crippen LogP contribution in [-0.4, -0.2) is 39.3 Å². The third-order valence-corrected chi connectivity index (χ3v) is 4.21. The van der Waals surface area contributed by atoms with Gasteiger partial charge in [-0.05, 0) is 37.8 Å². The molecule has 1 aliphatic rings. The van der Waals surface area contributed by atoms with Crippen molar-refractivity contribution in [1.82, 2.24) is 5.32 Å². The lowest BCUT2D eigenvalue weighted by Gasteiger charge is -2.26. The summed E-state index contributed by atoms with van der Waals surface area (Å²) in [7, 11) is 4.97. The number of hydrogen-bond donors (Lipinski definition) is 1. The number of ether oxygens (including phenoxy) is 2. The average Bonchev–Trinajstić information content (AvgIpc) is 3.39. The maximum absolute atomic E-state index is 12.3. The van der Waals surface area contributed by atoms with Gasteiger partial charge >= 0.3 is 0 Å². The number of likely N-dealkylation sites (N-methyl/N-ethyl adjacent to an activating group) is 1. The minimum atomic E-state index is -0.768. The molecule has 1 aliphatic carbocycles. The molecule has 6 nitrogen and oxygen atoms in total.